The molecule has 0 spiro atoms. The van der Waals surface area contributed by atoms with Crippen LogP contribution in [0.15, 0.2) is 47.8 Å². The number of hydrogen-bond acceptors (Lipinski definition) is 3. The molecular weight excluding hydrogens is 276 g/mol. The Kier molecular flexibility index (Phi) is 3.08. The zero-order chi connectivity index (χ0) is 14.2. The van der Waals surface area contributed by atoms with E-state index in [-0.39, 0.29) is 0 Å². The van der Waals surface area contributed by atoms with E-state index in [0.29, 0.717) is 0 Å². The summed E-state index contributed by atoms with van der Waals surface area (Å²) in [6, 6.07) is 15.0. The van der Waals surface area contributed by atoms with Gasteiger partial charge in [-0.25, -0.2) is 0 Å². The molecule has 0 fully saturated rings. The van der Waals surface area contributed by atoms with Crippen molar-refractivity contribution in [3.63, 3.8) is 0 Å². The van der Waals surface area contributed by atoms with Gasteiger partial charge in [-0.15, -0.1) is 11.3 Å². The van der Waals surface area contributed by atoms with E-state index in [1.165, 1.54) is 33.3 Å². The maximum atomic E-state index is 5.98. The highest BCUT2D eigenvalue weighted by atomic mass is 32.1. The summed E-state index contributed by atoms with van der Waals surface area (Å²) in [6.07, 6.45) is 2.38. The number of nitrogens with zero attached hydrogens (tertiary/aromatic N) is 1. The van der Waals surface area contributed by atoms with Crippen LogP contribution in [0.1, 0.15) is 17.5 Å². The minimum absolute atomic E-state index is 0.857. The quantitative estimate of drug-likeness (QED) is 0.708. The second-order valence-corrected chi connectivity index (χ2v) is 6.58. The molecule has 1 aliphatic heterocycles. The Morgan fingerprint density at radius 1 is 1.14 bits per heavy atom. The number of thiophene rings is 1. The third-order valence-corrected chi connectivity index (χ3v) is 5.26. The van der Waals surface area contributed by atoms with Gasteiger partial charge in [-0.2, -0.15) is 0 Å². The van der Waals surface area contributed by atoms with Gasteiger partial charge < -0.3 is 10.6 Å². The monoisotopic (exact) mass is 294 g/mol. The molecule has 2 aromatic carbocycles. The summed E-state index contributed by atoms with van der Waals surface area (Å²) in [5.41, 5.74) is 11.0. The molecule has 2 N–H and O–H groups in total. The van der Waals surface area contributed by atoms with Gasteiger partial charge in [0.1, 0.15) is 0 Å². The highest BCUT2D eigenvalue weighted by Gasteiger charge is 2.18. The van der Waals surface area contributed by atoms with Gasteiger partial charge in [-0.05, 0) is 52.9 Å². The third kappa shape index (κ3) is 2.28. The number of anilines is 2. The van der Waals surface area contributed by atoms with E-state index in [4.69, 9.17) is 5.73 Å². The van der Waals surface area contributed by atoms with Crippen LogP contribution in [-0.2, 0) is 13.0 Å². The molecule has 4 rings (SSSR count). The Labute approximate surface area is 128 Å². The normalized spacial score (nSPS) is 14.4. The van der Waals surface area contributed by atoms with Crippen LogP contribution in [0.5, 0.6) is 0 Å². The lowest BCUT2D eigenvalue weighted by Gasteiger charge is -2.31. The highest BCUT2D eigenvalue weighted by Crippen LogP contribution is 2.33. The predicted molar refractivity (Wildman–Crippen MR) is 92.1 cm³/mol. The average Bonchev–Trinajstić information content (AvgIpc) is 2.91. The first-order valence-corrected chi connectivity index (χ1v) is 8.28. The van der Waals surface area contributed by atoms with Crippen LogP contribution in [0.2, 0.25) is 0 Å². The summed E-state index contributed by atoms with van der Waals surface area (Å²) in [5.74, 6) is 0. The number of rotatable bonds is 2. The maximum Gasteiger partial charge on any atom is 0.0444 e. The van der Waals surface area contributed by atoms with E-state index in [1.807, 2.05) is 17.4 Å². The van der Waals surface area contributed by atoms with E-state index >= 15 is 0 Å². The molecule has 0 aliphatic carbocycles. The zero-order valence-electron chi connectivity index (χ0n) is 11.9. The smallest absolute Gasteiger partial charge is 0.0444 e. The van der Waals surface area contributed by atoms with E-state index < -0.39 is 0 Å². The number of aryl methyl sites for hydroxylation is 1. The molecule has 106 valence electrons. The molecule has 0 atom stereocenters. The highest BCUT2D eigenvalue weighted by molar-refractivity contribution is 7.17. The van der Waals surface area contributed by atoms with E-state index in [1.54, 1.807) is 0 Å². The fraction of sp³-hybridized carbons (Fsp3) is 0.222. The number of benzene rings is 2. The minimum Gasteiger partial charge on any atom is -0.399 e. The molecule has 2 heterocycles. The Balaban J connectivity index is 1.71. The fourth-order valence-corrected chi connectivity index (χ4v) is 4.15. The van der Waals surface area contributed by atoms with Crippen molar-refractivity contribution in [1.82, 2.24) is 0 Å². The molecular formula is C18H18N2S. The van der Waals surface area contributed by atoms with Gasteiger partial charge in [-0.1, -0.05) is 24.3 Å². The second-order valence-electron chi connectivity index (χ2n) is 5.67. The zero-order valence-corrected chi connectivity index (χ0v) is 12.7. The van der Waals surface area contributed by atoms with Gasteiger partial charge in [0.05, 0.1) is 0 Å². The Bertz CT molecular complexity index is 791. The van der Waals surface area contributed by atoms with E-state index in [0.717, 1.165) is 25.2 Å². The van der Waals surface area contributed by atoms with Crippen molar-refractivity contribution >= 4 is 32.8 Å². The van der Waals surface area contributed by atoms with Crippen molar-refractivity contribution in [3.05, 3.63) is 59.0 Å². The summed E-state index contributed by atoms with van der Waals surface area (Å²) in [6.45, 7) is 2.08. The average molecular weight is 294 g/mol. The summed E-state index contributed by atoms with van der Waals surface area (Å²) < 4.78 is 1.37. The van der Waals surface area contributed by atoms with Gasteiger partial charge >= 0.3 is 0 Å². The van der Waals surface area contributed by atoms with Crippen LogP contribution in [0.4, 0.5) is 11.4 Å². The van der Waals surface area contributed by atoms with Crippen LogP contribution in [-0.4, -0.2) is 6.54 Å². The van der Waals surface area contributed by atoms with Crippen molar-refractivity contribution in [2.75, 3.05) is 17.2 Å². The van der Waals surface area contributed by atoms with Gasteiger partial charge in [0, 0.05) is 29.2 Å². The lowest BCUT2D eigenvalue weighted by atomic mass is 10.0. The molecule has 3 heteroatoms. The SMILES string of the molecule is Nc1ccc2c(c1)N(Cc1csc3ccccc13)CCC2. The summed E-state index contributed by atoms with van der Waals surface area (Å²) in [5, 5.41) is 3.68. The second kappa shape index (κ2) is 5.08. The first kappa shape index (κ1) is 12.7. The molecule has 2 nitrogen and oxygen atoms in total. The molecule has 0 saturated heterocycles. The Hall–Kier alpha value is -2.00. The minimum atomic E-state index is 0.857. The van der Waals surface area contributed by atoms with Crippen molar-refractivity contribution in [1.29, 1.82) is 0 Å². The van der Waals surface area contributed by atoms with Crippen LogP contribution in [0.25, 0.3) is 10.1 Å². The molecule has 0 bridgehead atoms. The number of nitrogen functional groups attached to an aromatic ring is 1. The first-order chi connectivity index (χ1) is 10.3. The Morgan fingerprint density at radius 3 is 3.00 bits per heavy atom. The molecule has 1 aliphatic rings. The molecule has 3 aromatic rings. The van der Waals surface area contributed by atoms with Crippen LogP contribution < -0.4 is 10.6 Å². The Morgan fingerprint density at radius 2 is 2.05 bits per heavy atom. The van der Waals surface area contributed by atoms with Crippen LogP contribution >= 0.6 is 11.3 Å². The molecule has 0 saturated carbocycles. The van der Waals surface area contributed by atoms with Crippen LogP contribution in [0, 0.1) is 0 Å². The first-order valence-electron chi connectivity index (χ1n) is 7.40. The maximum absolute atomic E-state index is 5.98. The van der Waals surface area contributed by atoms with Gasteiger partial charge in [-0.3, -0.25) is 0 Å². The van der Waals surface area contributed by atoms with Crippen molar-refractivity contribution in [2.45, 2.75) is 19.4 Å². The molecule has 0 unspecified atom stereocenters. The van der Waals surface area contributed by atoms with Gasteiger partial charge in [0.25, 0.3) is 0 Å². The summed E-state index contributed by atoms with van der Waals surface area (Å²) in [7, 11) is 0. The van der Waals surface area contributed by atoms with Crippen LogP contribution in [0.3, 0.4) is 0 Å². The molecule has 1 aromatic heterocycles. The van der Waals surface area contributed by atoms with Crippen molar-refractivity contribution in [2.24, 2.45) is 0 Å². The summed E-state index contributed by atoms with van der Waals surface area (Å²) in [4.78, 5) is 2.48. The van der Waals surface area contributed by atoms with Crippen molar-refractivity contribution in [3.8, 4) is 0 Å². The molecule has 21 heavy (non-hydrogen) atoms. The molecule has 0 amide bonds. The van der Waals surface area contributed by atoms with Gasteiger partial charge in [0.15, 0.2) is 0 Å². The van der Waals surface area contributed by atoms with Crippen molar-refractivity contribution < 1.29 is 0 Å². The standard InChI is InChI=1S/C18H18N2S/c19-15-8-7-13-4-3-9-20(17(13)10-15)11-14-12-21-18-6-2-1-5-16(14)18/h1-2,5-8,10,12H,3-4,9,11,19H2. The number of hydrogen-bond donors (Lipinski definition) is 1. The van der Waals surface area contributed by atoms with Gasteiger partial charge in [0.2, 0.25) is 0 Å². The number of fused-ring (bicyclic) bond motifs is 2. The van der Waals surface area contributed by atoms with E-state index in [2.05, 4.69) is 46.7 Å². The largest absolute Gasteiger partial charge is 0.399 e. The lowest BCUT2D eigenvalue weighted by Crippen LogP contribution is -2.28. The number of nitrogens with two attached hydrogens (primary N) is 1. The lowest BCUT2D eigenvalue weighted by molar-refractivity contribution is 0.694. The summed E-state index contributed by atoms with van der Waals surface area (Å²) >= 11 is 1.84. The fourth-order valence-electron chi connectivity index (χ4n) is 3.19. The predicted octanol–water partition coefficient (Wildman–Crippen LogP) is 4.44. The third-order valence-electron chi connectivity index (χ3n) is 4.25. The topological polar surface area (TPSA) is 29.3 Å². The molecule has 0 radical (unpaired) electrons. The van der Waals surface area contributed by atoms with E-state index in [9.17, 15) is 0 Å².